The molecule has 0 bridgehead atoms. The maximum absolute atomic E-state index is 11.2. The van der Waals surface area contributed by atoms with Gasteiger partial charge in [0.15, 0.2) is 0 Å². The number of methoxy groups -OCH3 is 1. The first-order valence-corrected chi connectivity index (χ1v) is 5.78. The second-order valence-electron chi connectivity index (χ2n) is 3.87. The molecule has 94 valence electrons. The van der Waals surface area contributed by atoms with Crippen LogP contribution >= 0.6 is 0 Å². The maximum Gasteiger partial charge on any atom is 0.233 e. The zero-order valence-corrected chi connectivity index (χ0v) is 10.7. The van der Waals surface area contributed by atoms with Crippen molar-refractivity contribution in [2.75, 3.05) is 20.2 Å². The van der Waals surface area contributed by atoms with Crippen LogP contribution < -0.4 is 15.4 Å². The Morgan fingerprint density at radius 3 is 2.82 bits per heavy atom. The molecule has 1 aromatic rings. The molecule has 4 nitrogen and oxygen atoms in total. The van der Waals surface area contributed by atoms with E-state index in [4.69, 9.17) is 4.74 Å². The average Bonchev–Trinajstić information content (AvgIpc) is 2.30. The van der Waals surface area contributed by atoms with Crippen LogP contribution in [0.2, 0.25) is 0 Å². The molecule has 1 amide bonds. The number of aryl methyl sites for hydroxylation is 1. The summed E-state index contributed by atoms with van der Waals surface area (Å²) in [7, 11) is 1.65. The highest BCUT2D eigenvalue weighted by Crippen LogP contribution is 2.19. The summed E-state index contributed by atoms with van der Waals surface area (Å²) < 4.78 is 5.26. The molecule has 0 heterocycles. The van der Waals surface area contributed by atoms with Gasteiger partial charge in [0.2, 0.25) is 5.91 Å². The molecule has 2 N–H and O–H groups in total. The molecule has 0 saturated heterocycles. The predicted octanol–water partition coefficient (Wildman–Crippen LogP) is 1.23. The van der Waals surface area contributed by atoms with Crippen LogP contribution in [-0.4, -0.2) is 26.1 Å². The van der Waals surface area contributed by atoms with Crippen molar-refractivity contribution in [3.05, 3.63) is 29.3 Å². The smallest absolute Gasteiger partial charge is 0.233 e. The summed E-state index contributed by atoms with van der Waals surface area (Å²) in [5.74, 6) is 0.859. The second-order valence-corrected chi connectivity index (χ2v) is 3.87. The number of benzene rings is 1. The summed E-state index contributed by atoms with van der Waals surface area (Å²) in [4.78, 5) is 11.2. The van der Waals surface area contributed by atoms with Crippen molar-refractivity contribution in [3.8, 4) is 5.75 Å². The van der Waals surface area contributed by atoms with Crippen LogP contribution in [0.25, 0.3) is 0 Å². The Labute approximate surface area is 102 Å². The summed E-state index contributed by atoms with van der Waals surface area (Å²) in [6.07, 6.45) is 0. The molecule has 0 aliphatic carbocycles. The van der Waals surface area contributed by atoms with Crippen LogP contribution in [0.4, 0.5) is 0 Å². The number of nitrogens with one attached hydrogen (secondary N) is 2. The van der Waals surface area contributed by atoms with Gasteiger partial charge >= 0.3 is 0 Å². The first kappa shape index (κ1) is 13.5. The third-order valence-electron chi connectivity index (χ3n) is 2.41. The molecule has 0 fully saturated rings. The molecule has 0 radical (unpaired) electrons. The van der Waals surface area contributed by atoms with E-state index < -0.39 is 0 Å². The molecule has 17 heavy (non-hydrogen) atoms. The monoisotopic (exact) mass is 236 g/mol. The summed E-state index contributed by atoms with van der Waals surface area (Å²) in [6, 6.07) is 6.01. The number of ether oxygens (including phenoxy) is 1. The molecule has 0 spiro atoms. The Morgan fingerprint density at radius 2 is 2.18 bits per heavy atom. The molecule has 0 atom stereocenters. The lowest BCUT2D eigenvalue weighted by molar-refractivity contribution is -0.120. The number of hydrogen-bond acceptors (Lipinski definition) is 3. The lowest BCUT2D eigenvalue weighted by atomic mass is 10.1. The molecule has 1 rings (SSSR count). The van der Waals surface area contributed by atoms with Gasteiger partial charge in [-0.15, -0.1) is 0 Å². The summed E-state index contributed by atoms with van der Waals surface area (Å²) in [6.45, 7) is 5.55. The van der Waals surface area contributed by atoms with Gasteiger partial charge in [0, 0.05) is 18.7 Å². The number of hydrogen-bond donors (Lipinski definition) is 2. The fraction of sp³-hybridized carbons (Fsp3) is 0.462. The van der Waals surface area contributed by atoms with Gasteiger partial charge in [-0.2, -0.15) is 0 Å². The normalized spacial score (nSPS) is 10.1. The average molecular weight is 236 g/mol. The number of rotatable bonds is 6. The molecular weight excluding hydrogens is 216 g/mol. The second kappa shape index (κ2) is 6.91. The minimum Gasteiger partial charge on any atom is -0.496 e. The van der Waals surface area contributed by atoms with E-state index in [0.29, 0.717) is 19.6 Å². The van der Waals surface area contributed by atoms with Gasteiger partial charge in [0.05, 0.1) is 13.7 Å². The van der Waals surface area contributed by atoms with E-state index in [1.54, 1.807) is 7.11 Å². The van der Waals surface area contributed by atoms with Crippen molar-refractivity contribution in [1.29, 1.82) is 0 Å². The highest BCUT2D eigenvalue weighted by atomic mass is 16.5. The Hall–Kier alpha value is -1.55. The van der Waals surface area contributed by atoms with Gasteiger partial charge in [-0.3, -0.25) is 4.79 Å². The van der Waals surface area contributed by atoms with Gasteiger partial charge < -0.3 is 15.4 Å². The Bertz CT molecular complexity index is 378. The summed E-state index contributed by atoms with van der Waals surface area (Å²) in [5.41, 5.74) is 2.25. The molecule has 0 saturated carbocycles. The van der Waals surface area contributed by atoms with Gasteiger partial charge in [0.1, 0.15) is 5.75 Å². The highest BCUT2D eigenvalue weighted by Gasteiger charge is 2.04. The number of carbonyl (C=O) groups excluding carboxylic acids is 1. The summed E-state index contributed by atoms with van der Waals surface area (Å²) >= 11 is 0. The maximum atomic E-state index is 11.2. The first-order valence-electron chi connectivity index (χ1n) is 5.78. The van der Waals surface area contributed by atoms with Gasteiger partial charge in [0.25, 0.3) is 0 Å². The SMILES string of the molecule is CCNC(=O)CNCc1cc(C)ccc1OC. The Kier molecular flexibility index (Phi) is 5.49. The highest BCUT2D eigenvalue weighted by molar-refractivity contribution is 5.77. The topological polar surface area (TPSA) is 50.4 Å². The Morgan fingerprint density at radius 1 is 1.41 bits per heavy atom. The fourth-order valence-corrected chi connectivity index (χ4v) is 1.62. The van der Waals surface area contributed by atoms with Crippen LogP contribution in [0.1, 0.15) is 18.1 Å². The predicted molar refractivity (Wildman–Crippen MR) is 68.1 cm³/mol. The first-order chi connectivity index (χ1) is 8.17. The lowest BCUT2D eigenvalue weighted by Crippen LogP contribution is -2.33. The van der Waals surface area contributed by atoms with Crippen molar-refractivity contribution >= 4 is 5.91 Å². The van der Waals surface area contributed by atoms with Gasteiger partial charge in [-0.05, 0) is 19.9 Å². The molecule has 0 aliphatic heterocycles. The molecule has 1 aromatic carbocycles. The standard InChI is InChI=1S/C13H20N2O2/c1-4-15-13(16)9-14-8-11-7-10(2)5-6-12(11)17-3/h5-7,14H,4,8-9H2,1-3H3,(H,15,16). The minimum atomic E-state index is 0.0131. The van der Waals surface area contributed by atoms with Crippen molar-refractivity contribution in [2.24, 2.45) is 0 Å². The van der Waals surface area contributed by atoms with E-state index in [0.717, 1.165) is 11.3 Å². The van der Waals surface area contributed by atoms with Crippen molar-refractivity contribution in [3.63, 3.8) is 0 Å². The molecule has 0 aromatic heterocycles. The lowest BCUT2D eigenvalue weighted by Gasteiger charge is -2.10. The van der Waals surface area contributed by atoms with Gasteiger partial charge in [-0.1, -0.05) is 17.7 Å². The van der Waals surface area contributed by atoms with Gasteiger partial charge in [-0.25, -0.2) is 0 Å². The van der Waals surface area contributed by atoms with E-state index in [1.165, 1.54) is 5.56 Å². The van der Waals surface area contributed by atoms with Crippen LogP contribution in [0.15, 0.2) is 18.2 Å². The molecule has 0 unspecified atom stereocenters. The Balaban J connectivity index is 2.50. The van der Waals surface area contributed by atoms with E-state index in [9.17, 15) is 4.79 Å². The molecular formula is C13H20N2O2. The van der Waals surface area contributed by atoms with Crippen LogP contribution in [0.5, 0.6) is 5.75 Å². The van der Waals surface area contributed by atoms with E-state index in [1.807, 2.05) is 26.0 Å². The zero-order chi connectivity index (χ0) is 12.7. The van der Waals surface area contributed by atoms with E-state index in [2.05, 4.69) is 16.7 Å². The largest absolute Gasteiger partial charge is 0.496 e. The molecule has 0 aliphatic rings. The van der Waals surface area contributed by atoms with E-state index >= 15 is 0 Å². The number of carbonyl (C=O) groups is 1. The zero-order valence-electron chi connectivity index (χ0n) is 10.7. The van der Waals surface area contributed by atoms with Crippen molar-refractivity contribution in [1.82, 2.24) is 10.6 Å². The fourth-order valence-electron chi connectivity index (χ4n) is 1.62. The minimum absolute atomic E-state index is 0.0131. The third-order valence-corrected chi connectivity index (χ3v) is 2.41. The summed E-state index contributed by atoms with van der Waals surface area (Å²) in [5, 5.41) is 5.84. The van der Waals surface area contributed by atoms with Crippen molar-refractivity contribution in [2.45, 2.75) is 20.4 Å². The number of amides is 1. The van der Waals surface area contributed by atoms with Crippen molar-refractivity contribution < 1.29 is 9.53 Å². The van der Waals surface area contributed by atoms with E-state index in [-0.39, 0.29) is 5.91 Å². The molecule has 4 heteroatoms. The number of likely N-dealkylation sites (N-methyl/N-ethyl adjacent to an activating group) is 1. The third kappa shape index (κ3) is 4.44. The van der Waals surface area contributed by atoms with Crippen LogP contribution in [0.3, 0.4) is 0 Å². The quantitative estimate of drug-likeness (QED) is 0.781. The van der Waals surface area contributed by atoms with Crippen LogP contribution in [0, 0.1) is 6.92 Å². The van der Waals surface area contributed by atoms with Crippen LogP contribution in [-0.2, 0) is 11.3 Å².